The summed E-state index contributed by atoms with van der Waals surface area (Å²) in [5.41, 5.74) is 3.50. The second-order valence-electron chi connectivity index (χ2n) is 5.79. The summed E-state index contributed by atoms with van der Waals surface area (Å²) in [5, 5.41) is 3.54. The van der Waals surface area contributed by atoms with E-state index in [0.717, 1.165) is 32.3 Å². The first-order valence-electron chi connectivity index (χ1n) is 8.09. The number of anilines is 1. The van der Waals surface area contributed by atoms with Crippen molar-refractivity contribution in [2.24, 2.45) is 0 Å². The maximum absolute atomic E-state index is 12.7. The van der Waals surface area contributed by atoms with E-state index in [4.69, 9.17) is 4.74 Å². The van der Waals surface area contributed by atoms with Crippen LogP contribution in [0.15, 0.2) is 47.4 Å². The van der Waals surface area contributed by atoms with Crippen LogP contribution >= 0.6 is 23.1 Å². The van der Waals surface area contributed by atoms with E-state index in [1.807, 2.05) is 62.6 Å². The molecule has 0 aliphatic carbocycles. The number of hydrogen-bond acceptors (Lipinski definition) is 5. The van der Waals surface area contributed by atoms with Crippen molar-refractivity contribution in [2.75, 3.05) is 18.7 Å². The Balaban J connectivity index is 1.84. The maximum Gasteiger partial charge on any atom is 0.257 e. The smallest absolute Gasteiger partial charge is 0.257 e. The lowest BCUT2D eigenvalue weighted by molar-refractivity contribution is 0.102. The van der Waals surface area contributed by atoms with Crippen LogP contribution in [0.25, 0.3) is 11.3 Å². The van der Waals surface area contributed by atoms with Crippen molar-refractivity contribution in [3.05, 3.63) is 58.5 Å². The highest BCUT2D eigenvalue weighted by atomic mass is 32.2. The topological polar surface area (TPSA) is 51.2 Å². The molecule has 0 aliphatic rings. The van der Waals surface area contributed by atoms with E-state index in [1.54, 1.807) is 18.9 Å². The van der Waals surface area contributed by atoms with Crippen LogP contribution in [0, 0.1) is 13.8 Å². The van der Waals surface area contributed by atoms with Gasteiger partial charge in [-0.1, -0.05) is 6.07 Å². The van der Waals surface area contributed by atoms with E-state index in [1.165, 1.54) is 11.3 Å². The second-order valence-corrected chi connectivity index (χ2v) is 7.87. The number of rotatable bonds is 5. The molecule has 0 saturated carbocycles. The molecule has 4 nitrogen and oxygen atoms in total. The Labute approximate surface area is 161 Å². The van der Waals surface area contributed by atoms with Gasteiger partial charge in [0.05, 0.1) is 12.8 Å². The Morgan fingerprint density at radius 3 is 2.54 bits per heavy atom. The average Bonchev–Trinajstić information content (AvgIpc) is 3.02. The maximum atomic E-state index is 12.7. The number of nitrogens with one attached hydrogen (secondary N) is 1. The fourth-order valence-corrected chi connectivity index (χ4v) is 3.87. The van der Waals surface area contributed by atoms with Gasteiger partial charge in [-0.15, -0.1) is 23.1 Å². The normalized spacial score (nSPS) is 10.6. The molecule has 0 atom stereocenters. The summed E-state index contributed by atoms with van der Waals surface area (Å²) in [4.78, 5) is 19.4. The summed E-state index contributed by atoms with van der Waals surface area (Å²) in [7, 11) is 1.64. The highest BCUT2D eigenvalue weighted by Crippen LogP contribution is 2.31. The van der Waals surface area contributed by atoms with Gasteiger partial charge in [0.15, 0.2) is 5.13 Å². The highest BCUT2D eigenvalue weighted by Gasteiger charge is 2.15. The van der Waals surface area contributed by atoms with E-state index in [-0.39, 0.29) is 5.91 Å². The molecule has 1 amide bonds. The number of aromatic nitrogens is 1. The molecule has 0 spiro atoms. The zero-order chi connectivity index (χ0) is 18.7. The minimum atomic E-state index is -0.131. The number of thiazole rings is 1. The zero-order valence-corrected chi connectivity index (χ0v) is 16.8. The van der Waals surface area contributed by atoms with E-state index in [2.05, 4.69) is 10.3 Å². The van der Waals surface area contributed by atoms with Gasteiger partial charge >= 0.3 is 0 Å². The Kier molecular flexibility index (Phi) is 5.64. The number of nitrogens with zero attached hydrogens (tertiary/aromatic N) is 1. The van der Waals surface area contributed by atoms with Crippen molar-refractivity contribution in [2.45, 2.75) is 18.7 Å². The van der Waals surface area contributed by atoms with Gasteiger partial charge in [0.2, 0.25) is 0 Å². The van der Waals surface area contributed by atoms with Gasteiger partial charge in [-0.2, -0.15) is 0 Å². The summed E-state index contributed by atoms with van der Waals surface area (Å²) in [6.45, 7) is 3.95. The summed E-state index contributed by atoms with van der Waals surface area (Å²) in [6, 6.07) is 13.7. The Morgan fingerprint density at radius 2 is 1.88 bits per heavy atom. The first kappa shape index (κ1) is 18.5. The minimum Gasteiger partial charge on any atom is -0.497 e. The van der Waals surface area contributed by atoms with Crippen LogP contribution < -0.4 is 10.1 Å². The SMILES string of the molecule is COc1ccc(-c2nc(NC(=O)c3cc(SC)ccc3C)sc2C)cc1. The quantitative estimate of drug-likeness (QED) is 0.598. The number of carbonyl (C=O) groups is 1. The van der Waals surface area contributed by atoms with Crippen LogP contribution in [0.2, 0.25) is 0 Å². The van der Waals surface area contributed by atoms with Crippen molar-refractivity contribution in [1.29, 1.82) is 0 Å². The molecule has 3 aromatic rings. The Morgan fingerprint density at radius 1 is 1.15 bits per heavy atom. The van der Waals surface area contributed by atoms with Gasteiger partial charge in [-0.3, -0.25) is 10.1 Å². The van der Waals surface area contributed by atoms with Crippen LogP contribution in [-0.4, -0.2) is 24.3 Å². The molecule has 1 heterocycles. The predicted molar refractivity (Wildman–Crippen MR) is 110 cm³/mol. The molecule has 0 aliphatic heterocycles. The molecule has 134 valence electrons. The third kappa shape index (κ3) is 3.92. The minimum absolute atomic E-state index is 0.131. The van der Waals surface area contributed by atoms with E-state index in [0.29, 0.717) is 10.7 Å². The van der Waals surface area contributed by atoms with Gasteiger partial charge in [0.25, 0.3) is 5.91 Å². The van der Waals surface area contributed by atoms with Gasteiger partial charge in [-0.05, 0) is 62.1 Å². The molecule has 0 fully saturated rings. The summed E-state index contributed by atoms with van der Waals surface area (Å²) in [5.74, 6) is 0.674. The largest absolute Gasteiger partial charge is 0.497 e. The second kappa shape index (κ2) is 7.93. The molecular weight excluding hydrogens is 364 g/mol. The number of thioether (sulfide) groups is 1. The zero-order valence-electron chi connectivity index (χ0n) is 15.1. The van der Waals surface area contributed by atoms with Crippen LogP contribution in [-0.2, 0) is 0 Å². The lowest BCUT2D eigenvalue weighted by Crippen LogP contribution is -2.13. The summed E-state index contributed by atoms with van der Waals surface area (Å²) in [6.07, 6.45) is 2.00. The molecule has 0 bridgehead atoms. The van der Waals surface area contributed by atoms with E-state index < -0.39 is 0 Å². The molecule has 1 aromatic heterocycles. The molecule has 6 heteroatoms. The molecule has 0 unspecified atom stereocenters. The Bertz CT molecular complexity index is 933. The number of carbonyl (C=O) groups excluding carboxylic acids is 1. The standard InChI is InChI=1S/C20H20N2O2S2/c1-12-5-10-16(25-4)11-17(12)19(23)22-20-21-18(13(2)26-20)14-6-8-15(24-3)9-7-14/h5-11H,1-4H3,(H,21,22,23). The van der Waals surface area contributed by atoms with Gasteiger partial charge in [0.1, 0.15) is 5.75 Å². The molecule has 0 radical (unpaired) electrons. The van der Waals surface area contributed by atoms with Crippen LogP contribution in [0.1, 0.15) is 20.8 Å². The number of amides is 1. The lowest BCUT2D eigenvalue weighted by Gasteiger charge is -2.07. The molecule has 3 rings (SSSR count). The van der Waals surface area contributed by atoms with Crippen molar-refractivity contribution in [1.82, 2.24) is 4.98 Å². The van der Waals surface area contributed by atoms with E-state index >= 15 is 0 Å². The predicted octanol–water partition coefficient (Wildman–Crippen LogP) is 5.41. The van der Waals surface area contributed by atoms with Crippen molar-refractivity contribution in [3.63, 3.8) is 0 Å². The van der Waals surface area contributed by atoms with Crippen LogP contribution in [0.4, 0.5) is 5.13 Å². The van der Waals surface area contributed by atoms with Crippen molar-refractivity contribution < 1.29 is 9.53 Å². The van der Waals surface area contributed by atoms with Gasteiger partial charge in [0, 0.05) is 20.9 Å². The number of benzene rings is 2. The van der Waals surface area contributed by atoms with Crippen molar-refractivity contribution in [3.8, 4) is 17.0 Å². The van der Waals surface area contributed by atoms with Gasteiger partial charge in [-0.25, -0.2) is 4.98 Å². The molecule has 2 aromatic carbocycles. The third-order valence-corrected chi connectivity index (χ3v) is 5.68. The molecule has 1 N–H and O–H groups in total. The fourth-order valence-electron chi connectivity index (χ4n) is 2.60. The highest BCUT2D eigenvalue weighted by molar-refractivity contribution is 7.98. The third-order valence-electron chi connectivity index (χ3n) is 4.07. The van der Waals surface area contributed by atoms with Gasteiger partial charge < -0.3 is 4.74 Å². The summed E-state index contributed by atoms with van der Waals surface area (Å²) < 4.78 is 5.20. The first-order valence-corrected chi connectivity index (χ1v) is 10.1. The fraction of sp³-hybridized carbons (Fsp3) is 0.200. The number of ether oxygens (including phenoxy) is 1. The lowest BCUT2D eigenvalue weighted by atomic mass is 10.1. The molecule has 0 saturated heterocycles. The molecule has 26 heavy (non-hydrogen) atoms. The monoisotopic (exact) mass is 384 g/mol. The van der Waals surface area contributed by atoms with E-state index in [9.17, 15) is 4.79 Å². The Hall–Kier alpha value is -2.31. The average molecular weight is 385 g/mol. The number of methoxy groups -OCH3 is 1. The summed E-state index contributed by atoms with van der Waals surface area (Å²) >= 11 is 3.10. The van der Waals surface area contributed by atoms with Crippen molar-refractivity contribution >= 4 is 34.1 Å². The van der Waals surface area contributed by atoms with Crippen LogP contribution in [0.3, 0.4) is 0 Å². The number of aryl methyl sites for hydroxylation is 2. The molecular formula is C20H20N2O2S2. The number of hydrogen-bond donors (Lipinski definition) is 1. The first-order chi connectivity index (χ1) is 12.5. The van der Waals surface area contributed by atoms with Crippen LogP contribution in [0.5, 0.6) is 5.75 Å².